The van der Waals surface area contributed by atoms with Crippen molar-refractivity contribution >= 4 is 17.4 Å². The fourth-order valence-corrected chi connectivity index (χ4v) is 3.08. The van der Waals surface area contributed by atoms with Gasteiger partial charge in [-0.15, -0.1) is 0 Å². The van der Waals surface area contributed by atoms with Crippen LogP contribution in [0, 0.1) is 6.92 Å². The molecule has 0 saturated carbocycles. The Hall–Kier alpha value is -3.23. The summed E-state index contributed by atoms with van der Waals surface area (Å²) in [4.78, 5) is 22.6. The number of nitrogens with zero attached hydrogens (tertiary/aromatic N) is 5. The summed E-state index contributed by atoms with van der Waals surface area (Å²) < 4.78 is 39.0. The highest BCUT2D eigenvalue weighted by atomic mass is 19.4. The molecule has 0 fully saturated rings. The lowest BCUT2D eigenvalue weighted by Crippen LogP contribution is -2.27. The lowest BCUT2D eigenvalue weighted by molar-refractivity contribution is -0.142. The van der Waals surface area contributed by atoms with Gasteiger partial charge in [0.2, 0.25) is 5.91 Å². The van der Waals surface area contributed by atoms with Crippen LogP contribution < -0.4 is 4.90 Å². The van der Waals surface area contributed by atoms with E-state index in [0.29, 0.717) is 17.9 Å². The molecule has 3 rings (SSSR count). The van der Waals surface area contributed by atoms with Gasteiger partial charge in [0.25, 0.3) is 0 Å². The van der Waals surface area contributed by atoms with Crippen LogP contribution in [0.4, 0.5) is 24.7 Å². The van der Waals surface area contributed by atoms with Gasteiger partial charge in [-0.3, -0.25) is 14.4 Å². The Morgan fingerprint density at radius 3 is 2.40 bits per heavy atom. The van der Waals surface area contributed by atoms with E-state index in [0.717, 1.165) is 21.4 Å². The molecule has 1 aromatic carbocycles. The van der Waals surface area contributed by atoms with Crippen molar-refractivity contribution in [2.45, 2.75) is 46.3 Å². The Balaban J connectivity index is 2.08. The van der Waals surface area contributed by atoms with Gasteiger partial charge in [0.05, 0.1) is 5.69 Å². The van der Waals surface area contributed by atoms with Crippen LogP contribution >= 0.6 is 0 Å². The second kappa shape index (κ2) is 8.64. The Morgan fingerprint density at radius 2 is 1.80 bits per heavy atom. The molecule has 0 unspecified atom stereocenters. The number of hydrogen-bond donors (Lipinski definition) is 0. The molecule has 0 spiro atoms. The van der Waals surface area contributed by atoms with Crippen molar-refractivity contribution in [2.75, 3.05) is 4.90 Å². The van der Waals surface area contributed by atoms with Gasteiger partial charge in [0.15, 0.2) is 5.82 Å². The van der Waals surface area contributed by atoms with Crippen molar-refractivity contribution < 1.29 is 18.0 Å². The summed E-state index contributed by atoms with van der Waals surface area (Å²) in [7, 11) is 0. The number of rotatable bonds is 6. The first kappa shape index (κ1) is 21.5. The van der Waals surface area contributed by atoms with E-state index in [1.54, 1.807) is 26.2 Å². The van der Waals surface area contributed by atoms with Crippen molar-refractivity contribution in [1.82, 2.24) is 19.7 Å². The van der Waals surface area contributed by atoms with Crippen LogP contribution in [0.2, 0.25) is 0 Å². The molecule has 0 radical (unpaired) electrons. The monoisotopic (exact) mass is 417 g/mol. The number of anilines is 2. The van der Waals surface area contributed by atoms with Crippen LogP contribution in [0.1, 0.15) is 31.7 Å². The largest absolute Gasteiger partial charge is 0.408 e. The topological polar surface area (TPSA) is 63.9 Å². The molecule has 30 heavy (non-hydrogen) atoms. The number of carbonyl (C=O) groups is 1. The minimum atomic E-state index is -4.40. The number of benzene rings is 1. The zero-order chi connectivity index (χ0) is 21.9. The molecule has 6 nitrogen and oxygen atoms in total. The van der Waals surface area contributed by atoms with Crippen LogP contribution in [0.3, 0.4) is 0 Å². The molecule has 0 bridgehead atoms. The highest BCUT2D eigenvalue weighted by Gasteiger charge is 2.29. The molecule has 9 heteroatoms. The minimum absolute atomic E-state index is 0.151. The summed E-state index contributed by atoms with van der Waals surface area (Å²) in [5.74, 6) is 0.527. The number of aromatic nitrogens is 4. The fraction of sp³-hybridized carbons (Fsp3) is 0.333. The quantitative estimate of drug-likeness (QED) is 0.575. The Bertz CT molecular complexity index is 1030. The maximum absolute atomic E-state index is 12.8. The summed E-state index contributed by atoms with van der Waals surface area (Å²) in [6.07, 6.45) is 1.02. The zero-order valence-electron chi connectivity index (χ0n) is 16.9. The van der Waals surface area contributed by atoms with Crippen molar-refractivity contribution in [2.24, 2.45) is 0 Å². The van der Waals surface area contributed by atoms with E-state index in [2.05, 4.69) is 15.1 Å². The molecule has 2 aromatic heterocycles. The first-order valence-electron chi connectivity index (χ1n) is 9.57. The maximum atomic E-state index is 12.8. The van der Waals surface area contributed by atoms with Crippen LogP contribution in [0.25, 0.3) is 11.1 Å². The van der Waals surface area contributed by atoms with Gasteiger partial charge in [-0.05, 0) is 30.5 Å². The normalized spacial score (nSPS) is 11.5. The van der Waals surface area contributed by atoms with Crippen LogP contribution in [-0.4, -0.2) is 31.8 Å². The van der Waals surface area contributed by atoms with E-state index in [-0.39, 0.29) is 18.1 Å². The maximum Gasteiger partial charge on any atom is 0.408 e. The van der Waals surface area contributed by atoms with E-state index < -0.39 is 12.7 Å². The van der Waals surface area contributed by atoms with Gasteiger partial charge in [0, 0.05) is 36.6 Å². The van der Waals surface area contributed by atoms with E-state index in [1.807, 2.05) is 25.1 Å². The van der Waals surface area contributed by atoms with E-state index in [9.17, 15) is 18.0 Å². The number of halogens is 3. The fourth-order valence-electron chi connectivity index (χ4n) is 3.08. The summed E-state index contributed by atoms with van der Waals surface area (Å²) in [6, 6.07) is 7.05. The molecular formula is C21H22F3N5O. The van der Waals surface area contributed by atoms with E-state index in [4.69, 9.17) is 0 Å². The van der Waals surface area contributed by atoms with Gasteiger partial charge < -0.3 is 0 Å². The number of amides is 1. The van der Waals surface area contributed by atoms with Gasteiger partial charge in [-0.25, -0.2) is 9.97 Å². The second-order valence-electron chi connectivity index (χ2n) is 6.79. The highest BCUT2D eigenvalue weighted by molar-refractivity contribution is 6.00. The summed E-state index contributed by atoms with van der Waals surface area (Å²) in [5.41, 5.74) is 3.03. The molecule has 158 valence electrons. The Labute approximate surface area is 172 Å². The van der Waals surface area contributed by atoms with Crippen LogP contribution in [-0.2, 0) is 17.8 Å². The average Bonchev–Trinajstić information content (AvgIpc) is 3.14. The van der Waals surface area contributed by atoms with Crippen molar-refractivity contribution in [3.63, 3.8) is 0 Å². The van der Waals surface area contributed by atoms with Gasteiger partial charge in [-0.2, -0.15) is 18.3 Å². The predicted octanol–water partition coefficient (Wildman–Crippen LogP) is 4.85. The molecule has 0 N–H and O–H groups in total. The molecule has 0 atom stereocenters. The first-order chi connectivity index (χ1) is 14.2. The van der Waals surface area contributed by atoms with Crippen LogP contribution in [0.15, 0.2) is 42.9 Å². The molecule has 0 aliphatic heterocycles. The lowest BCUT2D eigenvalue weighted by atomic mass is 10.0. The van der Waals surface area contributed by atoms with Crippen molar-refractivity contribution in [1.29, 1.82) is 0 Å². The third-order valence-corrected chi connectivity index (χ3v) is 4.57. The SMILES string of the molecule is CCC(=O)N(c1ccn(CC(F)(F)F)n1)c1cc(-c2cnc(C)nc2)ccc1CC. The van der Waals surface area contributed by atoms with Crippen LogP contribution in [0.5, 0.6) is 0 Å². The summed E-state index contributed by atoms with van der Waals surface area (Å²) in [5, 5.41) is 4.01. The Morgan fingerprint density at radius 1 is 1.10 bits per heavy atom. The zero-order valence-corrected chi connectivity index (χ0v) is 16.9. The van der Waals surface area contributed by atoms with E-state index in [1.165, 1.54) is 17.2 Å². The van der Waals surface area contributed by atoms with Gasteiger partial charge >= 0.3 is 6.18 Å². The molecule has 0 aliphatic carbocycles. The minimum Gasteiger partial charge on any atom is -0.274 e. The molecule has 2 heterocycles. The smallest absolute Gasteiger partial charge is 0.274 e. The first-order valence-corrected chi connectivity index (χ1v) is 9.57. The second-order valence-corrected chi connectivity index (χ2v) is 6.79. The number of alkyl halides is 3. The number of aryl methyl sites for hydroxylation is 2. The van der Waals surface area contributed by atoms with E-state index >= 15 is 0 Å². The predicted molar refractivity (Wildman–Crippen MR) is 107 cm³/mol. The Kier molecular flexibility index (Phi) is 6.19. The third-order valence-electron chi connectivity index (χ3n) is 4.57. The highest BCUT2D eigenvalue weighted by Crippen LogP contribution is 2.33. The molecular weight excluding hydrogens is 395 g/mol. The average molecular weight is 417 g/mol. The molecule has 1 amide bonds. The van der Waals surface area contributed by atoms with Gasteiger partial charge in [0.1, 0.15) is 12.4 Å². The lowest BCUT2D eigenvalue weighted by Gasteiger charge is -2.23. The van der Waals surface area contributed by atoms with Crippen molar-refractivity contribution in [3.8, 4) is 11.1 Å². The third kappa shape index (κ3) is 4.84. The molecule has 0 saturated heterocycles. The number of carbonyl (C=O) groups excluding carboxylic acids is 1. The molecule has 3 aromatic rings. The van der Waals surface area contributed by atoms with Gasteiger partial charge in [-0.1, -0.05) is 26.0 Å². The number of hydrogen-bond acceptors (Lipinski definition) is 4. The standard InChI is InChI=1S/C21H22F3N5O/c1-4-15-6-7-16(17-11-25-14(3)26-12-17)10-18(15)29(20(30)5-2)19-8-9-28(27-19)13-21(22,23)24/h6-12H,4-5,13H2,1-3H3. The molecule has 0 aliphatic rings. The van der Waals surface area contributed by atoms with Crippen molar-refractivity contribution in [3.05, 3.63) is 54.2 Å². The summed E-state index contributed by atoms with van der Waals surface area (Å²) in [6.45, 7) is 4.21. The summed E-state index contributed by atoms with van der Waals surface area (Å²) >= 11 is 0.